The molecule has 0 radical (unpaired) electrons. The van der Waals surface area contributed by atoms with Crippen LogP contribution in [0.3, 0.4) is 0 Å². The number of halogens is 2. The van der Waals surface area contributed by atoms with Gasteiger partial charge < -0.3 is 19.4 Å². The highest BCUT2D eigenvalue weighted by molar-refractivity contribution is 5.89. The van der Waals surface area contributed by atoms with Gasteiger partial charge >= 0.3 is 0 Å². The molecular formula is C25H29F2N7O2. The van der Waals surface area contributed by atoms with Gasteiger partial charge in [0.1, 0.15) is 24.2 Å². The minimum Gasteiger partial charge on any atom is -0.479 e. The van der Waals surface area contributed by atoms with Gasteiger partial charge in [-0.1, -0.05) is 6.07 Å². The van der Waals surface area contributed by atoms with E-state index in [0.29, 0.717) is 49.6 Å². The maximum Gasteiger partial charge on any atom is 0.244 e. The number of alkyl halides is 2. The van der Waals surface area contributed by atoms with Crippen LogP contribution in [0.2, 0.25) is 0 Å². The molecule has 0 bridgehead atoms. The summed E-state index contributed by atoms with van der Waals surface area (Å²) in [5.41, 5.74) is 4.19. The molecule has 1 aromatic carbocycles. The van der Waals surface area contributed by atoms with Crippen LogP contribution in [0.25, 0.3) is 27.7 Å². The van der Waals surface area contributed by atoms with Gasteiger partial charge in [-0.05, 0) is 37.1 Å². The number of imidazole rings is 1. The molecule has 0 saturated carbocycles. The molecule has 9 nitrogen and oxygen atoms in total. The number of fused-ring (bicyclic) bond motifs is 2. The van der Waals surface area contributed by atoms with Crippen LogP contribution >= 0.6 is 0 Å². The molecule has 36 heavy (non-hydrogen) atoms. The maximum absolute atomic E-state index is 15.0. The first-order valence-electron chi connectivity index (χ1n) is 12.2. The maximum atomic E-state index is 15.0. The molecule has 2 saturated heterocycles. The number of nitrogens with one attached hydrogen (secondary N) is 1. The quantitative estimate of drug-likeness (QED) is 0.420. The van der Waals surface area contributed by atoms with E-state index in [9.17, 15) is 8.78 Å². The van der Waals surface area contributed by atoms with Crippen LogP contribution in [-0.4, -0.2) is 87.4 Å². The van der Waals surface area contributed by atoms with Crippen molar-refractivity contribution in [1.29, 1.82) is 0 Å². The van der Waals surface area contributed by atoms with Gasteiger partial charge in [-0.2, -0.15) is 4.98 Å². The van der Waals surface area contributed by atoms with E-state index in [1.165, 1.54) is 0 Å². The molecule has 0 spiro atoms. The number of rotatable bonds is 7. The summed E-state index contributed by atoms with van der Waals surface area (Å²) in [6.45, 7) is 4.22. The number of piperidine rings is 1. The van der Waals surface area contributed by atoms with Gasteiger partial charge in [0.25, 0.3) is 0 Å². The molecule has 0 amide bonds. The zero-order chi connectivity index (χ0) is 24.8. The molecule has 2 fully saturated rings. The molecule has 2 atom stereocenters. The number of aryl methyl sites for hydroxylation is 2. The van der Waals surface area contributed by atoms with Gasteiger partial charge in [-0.25, -0.2) is 18.3 Å². The van der Waals surface area contributed by atoms with Crippen molar-refractivity contribution in [2.45, 2.75) is 38.1 Å². The van der Waals surface area contributed by atoms with Crippen molar-refractivity contribution in [3.8, 4) is 17.0 Å². The summed E-state index contributed by atoms with van der Waals surface area (Å²) in [4.78, 5) is 11.3. The Hall–Kier alpha value is -3.31. The topological polar surface area (TPSA) is 81.7 Å². The van der Waals surface area contributed by atoms with Crippen molar-refractivity contribution >= 4 is 22.5 Å². The van der Waals surface area contributed by atoms with E-state index in [4.69, 9.17) is 9.47 Å². The molecule has 2 aliphatic rings. The zero-order valence-electron chi connectivity index (χ0n) is 20.3. The van der Waals surface area contributed by atoms with E-state index in [1.807, 2.05) is 42.0 Å². The molecular weight excluding hydrogens is 468 g/mol. The number of methoxy groups -OCH3 is 1. The summed E-state index contributed by atoms with van der Waals surface area (Å²) in [5, 5.41) is 7.79. The standard InChI is InChI=1S/C25H29F2N7O2/c1-15-28-21-4-3-16(11-22(21)33(15)10-7-26)18-5-9-34-23(18)24(35-2)30-25(31-34)29-20-6-8-32(12-19(20)27)17-13-36-14-17/h3-5,9,11,17,19-20H,6-8,10,12-14H2,1-2H3,(H,29,31)/t19-,20-/m1/s1. The number of benzene rings is 1. The first-order valence-corrected chi connectivity index (χ1v) is 12.2. The van der Waals surface area contributed by atoms with Gasteiger partial charge in [-0.3, -0.25) is 4.90 Å². The summed E-state index contributed by atoms with van der Waals surface area (Å²) in [5.74, 6) is 1.48. The van der Waals surface area contributed by atoms with Crippen molar-refractivity contribution in [3.63, 3.8) is 0 Å². The third-order valence-electron chi connectivity index (χ3n) is 7.25. The van der Waals surface area contributed by atoms with E-state index in [-0.39, 0.29) is 12.6 Å². The summed E-state index contributed by atoms with van der Waals surface area (Å²) in [7, 11) is 1.56. The van der Waals surface area contributed by atoms with Gasteiger partial charge in [0.05, 0.1) is 50.0 Å². The smallest absolute Gasteiger partial charge is 0.244 e. The van der Waals surface area contributed by atoms with Crippen LogP contribution in [0.5, 0.6) is 5.88 Å². The number of likely N-dealkylation sites (tertiary alicyclic amines) is 1. The minimum atomic E-state index is -1.03. The average molecular weight is 498 g/mol. The third kappa shape index (κ3) is 3.96. The summed E-state index contributed by atoms with van der Waals surface area (Å²) in [6, 6.07) is 7.81. The Kier molecular flexibility index (Phi) is 5.96. The Bertz CT molecular complexity index is 1400. The SMILES string of the molecule is COc1nc(N[C@@H]2CCN(C3COC3)C[C@H]2F)nn2ccc(-c3ccc4nc(C)n(CCF)c4c3)c12. The van der Waals surface area contributed by atoms with Crippen molar-refractivity contribution in [2.75, 3.05) is 45.4 Å². The highest BCUT2D eigenvalue weighted by Gasteiger charge is 2.35. The second-order valence-electron chi connectivity index (χ2n) is 9.41. The molecule has 0 aliphatic carbocycles. The molecule has 11 heteroatoms. The van der Waals surface area contributed by atoms with Crippen LogP contribution in [0.15, 0.2) is 30.5 Å². The molecule has 190 valence electrons. The lowest BCUT2D eigenvalue weighted by Crippen LogP contribution is -2.57. The fourth-order valence-corrected chi connectivity index (χ4v) is 5.23. The van der Waals surface area contributed by atoms with Crippen LogP contribution in [0.4, 0.5) is 14.7 Å². The number of aromatic nitrogens is 5. The molecule has 4 aromatic rings. The van der Waals surface area contributed by atoms with Crippen LogP contribution in [-0.2, 0) is 11.3 Å². The summed E-state index contributed by atoms with van der Waals surface area (Å²) >= 11 is 0. The second-order valence-corrected chi connectivity index (χ2v) is 9.41. The fraction of sp³-hybridized carbons (Fsp3) is 0.480. The molecule has 3 aromatic heterocycles. The van der Waals surface area contributed by atoms with E-state index in [0.717, 1.165) is 34.5 Å². The Balaban J connectivity index is 1.29. The van der Waals surface area contributed by atoms with Crippen molar-refractivity contribution in [2.24, 2.45) is 0 Å². The first-order chi connectivity index (χ1) is 17.6. The Morgan fingerprint density at radius 3 is 2.81 bits per heavy atom. The van der Waals surface area contributed by atoms with Crippen LogP contribution < -0.4 is 10.1 Å². The van der Waals surface area contributed by atoms with Gasteiger partial charge in [0.2, 0.25) is 11.8 Å². The Labute approximate surface area is 207 Å². The van der Waals surface area contributed by atoms with Crippen molar-refractivity contribution < 1.29 is 18.3 Å². The van der Waals surface area contributed by atoms with Gasteiger partial charge in [-0.15, -0.1) is 5.10 Å². The van der Waals surface area contributed by atoms with Crippen LogP contribution in [0, 0.1) is 6.92 Å². The molecule has 1 N–H and O–H groups in total. The lowest BCUT2D eigenvalue weighted by atomic mass is 10.0. The number of hydrogen-bond donors (Lipinski definition) is 1. The highest BCUT2D eigenvalue weighted by Crippen LogP contribution is 2.33. The number of ether oxygens (including phenoxy) is 2. The van der Waals surface area contributed by atoms with E-state index < -0.39 is 12.8 Å². The predicted molar refractivity (Wildman–Crippen MR) is 132 cm³/mol. The van der Waals surface area contributed by atoms with Crippen LogP contribution in [0.1, 0.15) is 12.2 Å². The van der Waals surface area contributed by atoms with Crippen molar-refractivity contribution in [1.82, 2.24) is 29.0 Å². The van der Waals surface area contributed by atoms with E-state index in [2.05, 4.69) is 25.3 Å². The van der Waals surface area contributed by atoms with E-state index >= 15 is 0 Å². The Morgan fingerprint density at radius 2 is 2.08 bits per heavy atom. The average Bonchev–Trinajstić information content (AvgIpc) is 3.40. The fourth-order valence-electron chi connectivity index (χ4n) is 5.23. The third-order valence-corrected chi connectivity index (χ3v) is 7.25. The van der Waals surface area contributed by atoms with Gasteiger partial charge in [0, 0.05) is 24.8 Å². The lowest BCUT2D eigenvalue weighted by Gasteiger charge is -2.42. The molecule has 5 heterocycles. The molecule has 6 rings (SSSR count). The molecule has 0 unspecified atom stereocenters. The minimum absolute atomic E-state index is 0.257. The highest BCUT2D eigenvalue weighted by atomic mass is 19.1. The Morgan fingerprint density at radius 1 is 1.22 bits per heavy atom. The van der Waals surface area contributed by atoms with Crippen molar-refractivity contribution in [3.05, 3.63) is 36.3 Å². The first kappa shape index (κ1) is 23.1. The second kappa shape index (κ2) is 9.29. The monoisotopic (exact) mass is 497 g/mol. The lowest BCUT2D eigenvalue weighted by molar-refractivity contribution is -0.0794. The van der Waals surface area contributed by atoms with E-state index in [1.54, 1.807) is 11.6 Å². The zero-order valence-corrected chi connectivity index (χ0v) is 20.3. The molecule has 2 aliphatic heterocycles. The number of hydrogen-bond acceptors (Lipinski definition) is 7. The van der Waals surface area contributed by atoms with Gasteiger partial charge in [0.15, 0.2) is 0 Å². The predicted octanol–water partition coefficient (Wildman–Crippen LogP) is 3.26. The number of anilines is 1. The summed E-state index contributed by atoms with van der Waals surface area (Å²) < 4.78 is 42.6. The largest absolute Gasteiger partial charge is 0.479 e. The normalized spacial score (nSPS) is 21.2. The summed E-state index contributed by atoms with van der Waals surface area (Å²) in [6.07, 6.45) is 1.46. The number of nitrogens with zero attached hydrogens (tertiary/aromatic N) is 6.